The van der Waals surface area contributed by atoms with Crippen molar-refractivity contribution in [3.05, 3.63) is 0 Å². The first-order chi connectivity index (χ1) is 9.81. The van der Waals surface area contributed by atoms with Gasteiger partial charge in [0, 0.05) is 26.1 Å². The number of ether oxygens (including phenoxy) is 1. The molecule has 1 heterocycles. The Kier molecular flexibility index (Phi) is 6.14. The standard InChI is InChI=1S/C14H25N3O4/c1-8(2)11(16-14(20)21-5)12(18)9-6-17(4)7-10(9)13(19)15-3/h8-11H,6-7H2,1-5H3,(H,15,19)(H,16,20). The number of amides is 2. The first-order valence-electron chi connectivity index (χ1n) is 7.10. The van der Waals surface area contributed by atoms with E-state index in [-0.39, 0.29) is 23.5 Å². The zero-order valence-corrected chi connectivity index (χ0v) is 13.3. The molecule has 0 radical (unpaired) electrons. The van der Waals surface area contributed by atoms with Crippen LogP contribution >= 0.6 is 0 Å². The van der Waals surface area contributed by atoms with Crippen molar-refractivity contribution in [1.29, 1.82) is 0 Å². The summed E-state index contributed by atoms with van der Waals surface area (Å²) in [6, 6.07) is -0.652. The molecule has 2 N–H and O–H groups in total. The van der Waals surface area contributed by atoms with Crippen molar-refractivity contribution >= 4 is 17.8 Å². The van der Waals surface area contributed by atoms with Gasteiger partial charge in [0.15, 0.2) is 5.78 Å². The van der Waals surface area contributed by atoms with E-state index in [1.54, 1.807) is 7.05 Å². The number of likely N-dealkylation sites (tertiary alicyclic amines) is 1. The first-order valence-corrected chi connectivity index (χ1v) is 7.10. The summed E-state index contributed by atoms with van der Waals surface area (Å²) in [6.45, 7) is 4.76. The molecule has 21 heavy (non-hydrogen) atoms. The minimum atomic E-state index is -0.652. The Morgan fingerprint density at radius 2 is 1.76 bits per heavy atom. The van der Waals surface area contributed by atoms with Crippen LogP contribution in [0.4, 0.5) is 4.79 Å². The highest BCUT2D eigenvalue weighted by molar-refractivity contribution is 5.94. The zero-order valence-electron chi connectivity index (χ0n) is 13.3. The topological polar surface area (TPSA) is 87.7 Å². The van der Waals surface area contributed by atoms with E-state index in [9.17, 15) is 14.4 Å². The molecule has 7 heteroatoms. The number of nitrogens with one attached hydrogen (secondary N) is 2. The van der Waals surface area contributed by atoms with Gasteiger partial charge in [-0.05, 0) is 13.0 Å². The monoisotopic (exact) mass is 299 g/mol. The van der Waals surface area contributed by atoms with Gasteiger partial charge in [-0.25, -0.2) is 4.79 Å². The fraction of sp³-hybridized carbons (Fsp3) is 0.786. The van der Waals surface area contributed by atoms with E-state index in [2.05, 4.69) is 15.4 Å². The lowest BCUT2D eigenvalue weighted by atomic mass is 9.84. The van der Waals surface area contributed by atoms with Crippen LogP contribution in [0, 0.1) is 17.8 Å². The fourth-order valence-corrected chi connectivity index (χ4v) is 2.72. The average Bonchev–Trinajstić information content (AvgIpc) is 2.84. The van der Waals surface area contributed by atoms with Crippen LogP contribution in [0.5, 0.6) is 0 Å². The predicted molar refractivity (Wildman–Crippen MR) is 77.7 cm³/mol. The van der Waals surface area contributed by atoms with Crippen LogP contribution in [0.15, 0.2) is 0 Å². The molecule has 0 saturated carbocycles. The summed E-state index contributed by atoms with van der Waals surface area (Å²) < 4.78 is 4.57. The molecule has 120 valence electrons. The molecule has 1 saturated heterocycles. The predicted octanol–water partition coefficient (Wildman–Crippen LogP) is -0.140. The summed E-state index contributed by atoms with van der Waals surface area (Å²) in [7, 11) is 4.70. The van der Waals surface area contributed by atoms with Crippen molar-refractivity contribution in [2.24, 2.45) is 17.8 Å². The molecule has 3 unspecified atom stereocenters. The fourth-order valence-electron chi connectivity index (χ4n) is 2.72. The third kappa shape index (κ3) is 4.17. The lowest BCUT2D eigenvalue weighted by molar-refractivity contribution is -0.133. The van der Waals surface area contributed by atoms with Crippen LogP contribution in [0.1, 0.15) is 13.8 Å². The summed E-state index contributed by atoms with van der Waals surface area (Å²) in [5.41, 5.74) is 0. The lowest BCUT2D eigenvalue weighted by Gasteiger charge is -2.25. The molecule has 0 bridgehead atoms. The zero-order chi connectivity index (χ0) is 16.2. The number of hydrogen-bond donors (Lipinski definition) is 2. The van der Waals surface area contributed by atoms with Crippen LogP contribution in [-0.4, -0.2) is 63.0 Å². The number of rotatable bonds is 5. The largest absolute Gasteiger partial charge is 0.453 e. The smallest absolute Gasteiger partial charge is 0.407 e. The lowest BCUT2D eigenvalue weighted by Crippen LogP contribution is -2.49. The Hall–Kier alpha value is -1.63. The number of Topliss-reactive ketones (excluding diaryl/α,β-unsaturated/α-hetero) is 1. The Morgan fingerprint density at radius 1 is 1.19 bits per heavy atom. The molecule has 0 aromatic heterocycles. The Labute approximate surface area is 125 Å². The second-order valence-corrected chi connectivity index (χ2v) is 5.81. The van der Waals surface area contributed by atoms with E-state index in [0.717, 1.165) is 0 Å². The molecular weight excluding hydrogens is 274 g/mol. The van der Waals surface area contributed by atoms with E-state index in [1.807, 2.05) is 25.8 Å². The summed E-state index contributed by atoms with van der Waals surface area (Å²) in [5, 5.41) is 5.18. The van der Waals surface area contributed by atoms with Crippen molar-refractivity contribution in [2.75, 3.05) is 34.3 Å². The molecule has 0 aromatic rings. The highest BCUT2D eigenvalue weighted by Gasteiger charge is 2.43. The molecule has 0 aliphatic carbocycles. The number of methoxy groups -OCH3 is 1. The van der Waals surface area contributed by atoms with Crippen LogP contribution in [-0.2, 0) is 14.3 Å². The van der Waals surface area contributed by atoms with Crippen molar-refractivity contribution in [3.63, 3.8) is 0 Å². The van der Waals surface area contributed by atoms with Gasteiger partial charge in [-0.2, -0.15) is 0 Å². The van der Waals surface area contributed by atoms with Gasteiger partial charge in [-0.15, -0.1) is 0 Å². The third-order valence-electron chi connectivity index (χ3n) is 3.88. The van der Waals surface area contributed by atoms with Gasteiger partial charge < -0.3 is 20.3 Å². The number of nitrogens with zero attached hydrogens (tertiary/aromatic N) is 1. The van der Waals surface area contributed by atoms with Crippen LogP contribution in [0.25, 0.3) is 0 Å². The first kappa shape index (κ1) is 17.4. The minimum absolute atomic E-state index is 0.0761. The van der Waals surface area contributed by atoms with E-state index in [0.29, 0.717) is 13.1 Å². The molecule has 1 aliphatic heterocycles. The van der Waals surface area contributed by atoms with Gasteiger partial charge in [0.25, 0.3) is 0 Å². The van der Waals surface area contributed by atoms with E-state index >= 15 is 0 Å². The van der Waals surface area contributed by atoms with Crippen molar-refractivity contribution in [1.82, 2.24) is 15.5 Å². The Morgan fingerprint density at radius 3 is 2.24 bits per heavy atom. The number of ketones is 1. The SMILES string of the molecule is CNC(=O)C1CN(C)CC1C(=O)C(NC(=O)OC)C(C)C. The van der Waals surface area contributed by atoms with Crippen molar-refractivity contribution in [3.8, 4) is 0 Å². The summed E-state index contributed by atoms with van der Waals surface area (Å²) in [6.07, 6.45) is -0.634. The highest BCUT2D eigenvalue weighted by atomic mass is 16.5. The molecule has 1 rings (SSSR count). The van der Waals surface area contributed by atoms with Gasteiger partial charge in [-0.1, -0.05) is 13.8 Å². The average molecular weight is 299 g/mol. The third-order valence-corrected chi connectivity index (χ3v) is 3.88. The summed E-state index contributed by atoms with van der Waals surface area (Å²) in [4.78, 5) is 38.0. The highest BCUT2D eigenvalue weighted by Crippen LogP contribution is 2.26. The Balaban J connectivity index is 2.90. The van der Waals surface area contributed by atoms with Crippen molar-refractivity contribution in [2.45, 2.75) is 19.9 Å². The molecule has 0 spiro atoms. The van der Waals surface area contributed by atoms with Gasteiger partial charge in [0.2, 0.25) is 5.91 Å². The molecule has 3 atom stereocenters. The van der Waals surface area contributed by atoms with Crippen LogP contribution in [0.3, 0.4) is 0 Å². The number of hydrogen-bond acceptors (Lipinski definition) is 5. The van der Waals surface area contributed by atoms with Gasteiger partial charge >= 0.3 is 6.09 Å². The van der Waals surface area contributed by atoms with E-state index in [1.165, 1.54) is 7.11 Å². The van der Waals surface area contributed by atoms with Crippen molar-refractivity contribution < 1.29 is 19.1 Å². The summed E-state index contributed by atoms with van der Waals surface area (Å²) >= 11 is 0. The van der Waals surface area contributed by atoms with Crippen LogP contribution < -0.4 is 10.6 Å². The van der Waals surface area contributed by atoms with Crippen LogP contribution in [0.2, 0.25) is 0 Å². The molecule has 1 fully saturated rings. The number of carbonyl (C=O) groups excluding carboxylic acids is 3. The van der Waals surface area contributed by atoms with Gasteiger partial charge in [-0.3, -0.25) is 9.59 Å². The Bertz CT molecular complexity index is 411. The normalized spacial score (nSPS) is 23.7. The molecule has 0 aromatic carbocycles. The van der Waals surface area contributed by atoms with Gasteiger partial charge in [0.1, 0.15) is 0 Å². The van der Waals surface area contributed by atoms with Gasteiger partial charge in [0.05, 0.1) is 19.1 Å². The second-order valence-electron chi connectivity index (χ2n) is 5.81. The maximum Gasteiger partial charge on any atom is 0.407 e. The maximum absolute atomic E-state index is 12.7. The van der Waals surface area contributed by atoms with E-state index < -0.39 is 18.1 Å². The second kappa shape index (κ2) is 7.40. The van der Waals surface area contributed by atoms with E-state index in [4.69, 9.17) is 0 Å². The summed E-state index contributed by atoms with van der Waals surface area (Å²) in [5.74, 6) is -1.13. The molecule has 1 aliphatic rings. The molecule has 7 nitrogen and oxygen atoms in total. The minimum Gasteiger partial charge on any atom is -0.453 e. The number of alkyl carbamates (subject to hydrolysis) is 1. The molecule has 2 amide bonds. The number of carbonyl (C=O) groups is 3. The quantitative estimate of drug-likeness (QED) is 0.738. The molecular formula is C14H25N3O4. The maximum atomic E-state index is 12.7.